The molecule has 0 radical (unpaired) electrons. The molecule has 2 aromatic carbocycles. The molecule has 6 heteroatoms. The molecule has 4 nitrogen and oxygen atoms in total. The van der Waals surface area contributed by atoms with Crippen LogP contribution in [0.2, 0.25) is 5.02 Å². The number of halogens is 2. The number of amides is 1. The molecule has 1 atom stereocenters. The van der Waals surface area contributed by atoms with Crippen molar-refractivity contribution in [2.24, 2.45) is 11.1 Å². The van der Waals surface area contributed by atoms with Gasteiger partial charge in [-0.15, -0.1) is 0 Å². The Labute approximate surface area is 163 Å². The van der Waals surface area contributed by atoms with Crippen LogP contribution in [0.15, 0.2) is 53.7 Å². The first-order valence-electron chi connectivity index (χ1n) is 8.95. The third-order valence-corrected chi connectivity index (χ3v) is 4.64. The molecule has 0 aliphatic carbocycles. The van der Waals surface area contributed by atoms with Crippen molar-refractivity contribution in [1.82, 2.24) is 4.90 Å². The maximum Gasteiger partial charge on any atom is 0.225 e. The Morgan fingerprint density at radius 1 is 1.30 bits per heavy atom. The van der Waals surface area contributed by atoms with Crippen LogP contribution >= 0.6 is 11.6 Å². The molecule has 0 fully saturated rings. The number of benzene rings is 2. The molecule has 0 aromatic heterocycles. The van der Waals surface area contributed by atoms with Gasteiger partial charge < -0.3 is 9.74 Å². The Bertz CT molecular complexity index is 854. The average Bonchev–Trinajstić information content (AvgIpc) is 3.09. The zero-order valence-corrected chi connectivity index (χ0v) is 16.1. The van der Waals surface area contributed by atoms with Gasteiger partial charge in [0.2, 0.25) is 5.91 Å². The van der Waals surface area contributed by atoms with Crippen molar-refractivity contribution in [3.8, 4) is 0 Å². The van der Waals surface area contributed by atoms with Crippen molar-refractivity contribution < 1.29 is 14.0 Å². The van der Waals surface area contributed by atoms with Crippen molar-refractivity contribution in [3.63, 3.8) is 0 Å². The van der Waals surface area contributed by atoms with Crippen molar-refractivity contribution in [1.29, 1.82) is 0 Å². The van der Waals surface area contributed by atoms with Gasteiger partial charge in [-0.3, -0.25) is 4.79 Å². The summed E-state index contributed by atoms with van der Waals surface area (Å²) in [5.74, 6) is -0.440. The van der Waals surface area contributed by atoms with Crippen LogP contribution in [-0.2, 0) is 16.2 Å². The van der Waals surface area contributed by atoms with Gasteiger partial charge in [0.05, 0.1) is 12.3 Å². The molecular weight excluding hydrogens is 367 g/mol. The van der Waals surface area contributed by atoms with Crippen molar-refractivity contribution in [2.75, 3.05) is 6.54 Å². The molecule has 2 aromatic rings. The summed E-state index contributed by atoms with van der Waals surface area (Å²) in [6, 6.07) is 13.9. The van der Waals surface area contributed by atoms with Crippen molar-refractivity contribution >= 4 is 23.2 Å². The lowest BCUT2D eigenvalue weighted by Crippen LogP contribution is -2.39. The highest BCUT2D eigenvalue weighted by Gasteiger charge is 2.28. The standard InChI is InChI=1S/C21H22ClFN2O2/c1-14(2)21(26)25(12-15-6-5-7-16(22)10-15)13-17-11-20(24-27-17)18-8-3-4-9-19(18)23/h3-10,14,17H,11-13H2,1-2H3. The van der Waals surface area contributed by atoms with E-state index in [1.54, 1.807) is 29.2 Å². The molecule has 1 aliphatic heterocycles. The van der Waals surface area contributed by atoms with E-state index in [4.69, 9.17) is 16.4 Å². The Hall–Kier alpha value is -2.40. The van der Waals surface area contributed by atoms with E-state index in [0.29, 0.717) is 35.8 Å². The highest BCUT2D eigenvalue weighted by Crippen LogP contribution is 2.21. The predicted molar refractivity (Wildman–Crippen MR) is 104 cm³/mol. The number of rotatable bonds is 6. The fourth-order valence-corrected chi connectivity index (χ4v) is 3.29. The number of carbonyl (C=O) groups is 1. The van der Waals surface area contributed by atoms with Gasteiger partial charge in [0, 0.05) is 29.5 Å². The van der Waals surface area contributed by atoms with Crippen LogP contribution in [0.3, 0.4) is 0 Å². The zero-order valence-electron chi connectivity index (χ0n) is 15.4. The van der Waals surface area contributed by atoms with Crippen LogP contribution in [0, 0.1) is 11.7 Å². The van der Waals surface area contributed by atoms with Gasteiger partial charge in [0.25, 0.3) is 0 Å². The molecule has 0 saturated carbocycles. The van der Waals surface area contributed by atoms with Gasteiger partial charge in [-0.25, -0.2) is 4.39 Å². The SMILES string of the molecule is CC(C)C(=O)N(Cc1cccc(Cl)c1)CC1CC(c2ccccc2F)=NO1. The van der Waals surface area contributed by atoms with Crippen LogP contribution in [0.5, 0.6) is 0 Å². The number of carbonyl (C=O) groups excluding carboxylic acids is 1. The topological polar surface area (TPSA) is 41.9 Å². The summed E-state index contributed by atoms with van der Waals surface area (Å²) in [5, 5.41) is 4.68. The van der Waals surface area contributed by atoms with Gasteiger partial charge >= 0.3 is 0 Å². The Kier molecular flexibility index (Phi) is 6.11. The smallest absolute Gasteiger partial charge is 0.225 e. The highest BCUT2D eigenvalue weighted by molar-refractivity contribution is 6.30. The molecule has 0 spiro atoms. The second-order valence-corrected chi connectivity index (χ2v) is 7.39. The van der Waals surface area contributed by atoms with Crippen molar-refractivity contribution in [2.45, 2.75) is 32.9 Å². The van der Waals surface area contributed by atoms with Gasteiger partial charge in [-0.05, 0) is 23.8 Å². The van der Waals surface area contributed by atoms with E-state index in [-0.39, 0.29) is 23.7 Å². The van der Waals surface area contributed by atoms with Crippen LogP contribution in [-0.4, -0.2) is 29.2 Å². The molecule has 1 aliphatic rings. The van der Waals surface area contributed by atoms with Crippen LogP contribution < -0.4 is 0 Å². The zero-order chi connectivity index (χ0) is 19.4. The predicted octanol–water partition coefficient (Wildman–Crippen LogP) is 4.66. The molecule has 142 valence electrons. The van der Waals surface area contributed by atoms with E-state index in [0.717, 1.165) is 5.56 Å². The summed E-state index contributed by atoms with van der Waals surface area (Å²) in [5.41, 5.74) is 1.96. The largest absolute Gasteiger partial charge is 0.390 e. The molecule has 3 rings (SSSR count). The van der Waals surface area contributed by atoms with Gasteiger partial charge in [-0.1, -0.05) is 60.9 Å². The molecule has 27 heavy (non-hydrogen) atoms. The van der Waals surface area contributed by atoms with Crippen molar-refractivity contribution in [3.05, 3.63) is 70.5 Å². The minimum absolute atomic E-state index is 0.0258. The van der Waals surface area contributed by atoms with Crippen LogP contribution in [0.1, 0.15) is 31.4 Å². The molecule has 1 unspecified atom stereocenters. The first-order valence-corrected chi connectivity index (χ1v) is 9.32. The van der Waals surface area contributed by atoms with Gasteiger partial charge in [0.1, 0.15) is 5.82 Å². The summed E-state index contributed by atoms with van der Waals surface area (Å²) in [6.45, 7) is 4.55. The molecule has 0 saturated heterocycles. The summed E-state index contributed by atoms with van der Waals surface area (Å²) in [6.07, 6.45) is 0.153. The number of hydrogen-bond acceptors (Lipinski definition) is 3. The third-order valence-electron chi connectivity index (χ3n) is 4.41. The van der Waals surface area contributed by atoms with E-state index in [9.17, 15) is 9.18 Å². The number of nitrogens with zero attached hydrogens (tertiary/aromatic N) is 2. The Morgan fingerprint density at radius 3 is 2.78 bits per heavy atom. The first-order chi connectivity index (χ1) is 12.9. The maximum atomic E-state index is 14.0. The molecule has 0 bridgehead atoms. The summed E-state index contributed by atoms with van der Waals surface area (Å²) in [7, 11) is 0. The second-order valence-electron chi connectivity index (χ2n) is 6.95. The first kappa shape index (κ1) is 19.4. The lowest BCUT2D eigenvalue weighted by Gasteiger charge is -2.26. The summed E-state index contributed by atoms with van der Waals surface area (Å²) < 4.78 is 14.0. The fraction of sp³-hybridized carbons (Fsp3) is 0.333. The van der Waals surface area contributed by atoms with Crippen LogP contribution in [0.25, 0.3) is 0 Å². The van der Waals surface area contributed by atoms with E-state index in [2.05, 4.69) is 5.16 Å². The highest BCUT2D eigenvalue weighted by atomic mass is 35.5. The molecule has 0 N–H and O–H groups in total. The minimum Gasteiger partial charge on any atom is -0.390 e. The summed E-state index contributed by atoms with van der Waals surface area (Å²) >= 11 is 6.06. The van der Waals surface area contributed by atoms with E-state index < -0.39 is 0 Å². The Morgan fingerprint density at radius 2 is 2.07 bits per heavy atom. The summed E-state index contributed by atoms with van der Waals surface area (Å²) in [4.78, 5) is 19.9. The van der Waals surface area contributed by atoms with E-state index in [1.807, 2.05) is 32.0 Å². The van der Waals surface area contributed by atoms with Crippen LogP contribution in [0.4, 0.5) is 4.39 Å². The Balaban J connectivity index is 1.70. The monoisotopic (exact) mass is 388 g/mol. The lowest BCUT2D eigenvalue weighted by molar-refractivity contribution is -0.136. The normalized spacial score (nSPS) is 16.2. The molecule has 1 amide bonds. The number of oxime groups is 1. The maximum absolute atomic E-state index is 14.0. The average molecular weight is 389 g/mol. The van der Waals surface area contributed by atoms with Gasteiger partial charge in [-0.2, -0.15) is 0 Å². The number of hydrogen-bond donors (Lipinski definition) is 0. The van der Waals surface area contributed by atoms with E-state index >= 15 is 0 Å². The quantitative estimate of drug-likeness (QED) is 0.722. The van der Waals surface area contributed by atoms with E-state index in [1.165, 1.54) is 6.07 Å². The minimum atomic E-state index is -0.324. The third kappa shape index (κ3) is 4.86. The molecular formula is C21H22ClFN2O2. The molecule has 1 heterocycles. The lowest BCUT2D eigenvalue weighted by atomic mass is 10.0. The van der Waals surface area contributed by atoms with Gasteiger partial charge in [0.15, 0.2) is 6.10 Å². The fourth-order valence-electron chi connectivity index (χ4n) is 3.08. The second kappa shape index (κ2) is 8.53.